The lowest BCUT2D eigenvalue weighted by molar-refractivity contribution is -0.00277. The van der Waals surface area contributed by atoms with Crippen LogP contribution < -0.4 is 9.80 Å². The van der Waals surface area contributed by atoms with E-state index in [1.807, 2.05) is 0 Å². The molecule has 4 saturated carbocycles. The Morgan fingerprint density at radius 2 is 0.671 bits per heavy atom. The minimum absolute atomic E-state index is 0.118. The summed E-state index contributed by atoms with van der Waals surface area (Å²) in [4.78, 5) is 4.99. The molecule has 0 aromatic heterocycles. The summed E-state index contributed by atoms with van der Waals surface area (Å²) in [5.74, 6) is 4.38. The summed E-state index contributed by atoms with van der Waals surface area (Å²) in [5.41, 5.74) is 23.9. The van der Waals surface area contributed by atoms with E-state index in [-0.39, 0.29) is 5.41 Å². The Hall–Kier alpha value is -7.42. The molecule has 4 fully saturated rings. The topological polar surface area (TPSA) is 6.48 Å². The molecule has 7 aliphatic rings. The Bertz CT molecular complexity index is 3510. The zero-order valence-corrected chi connectivity index (χ0v) is 40.0. The first-order chi connectivity index (χ1) is 34.4. The SMILES string of the molecule is CC1(C)c2ccccc2-c2ccc(N(c3ccccc3)c3ccc4c(c3)C3(c5ccccc5-c5ccc(N(c6ccccc6)c6ccc(C7[C@H]8C[C@H]9C[C@H](C8)C[C@H]7C9)cc6)cc53)c3ccccc3-4)cc21. The van der Waals surface area contributed by atoms with Gasteiger partial charge in [0.05, 0.1) is 5.41 Å². The van der Waals surface area contributed by atoms with Crippen molar-refractivity contribution in [1.29, 1.82) is 0 Å². The van der Waals surface area contributed by atoms with Crippen molar-refractivity contribution in [1.82, 2.24) is 0 Å². The summed E-state index contributed by atoms with van der Waals surface area (Å²) >= 11 is 0. The Labute approximate surface area is 412 Å². The Morgan fingerprint density at radius 3 is 1.17 bits per heavy atom. The third-order valence-corrected chi connectivity index (χ3v) is 18.2. The minimum Gasteiger partial charge on any atom is -0.310 e. The van der Waals surface area contributed by atoms with Crippen molar-refractivity contribution in [3.8, 4) is 33.4 Å². The van der Waals surface area contributed by atoms with Crippen LogP contribution in [0.15, 0.2) is 212 Å². The maximum absolute atomic E-state index is 2.54. The number of hydrogen-bond acceptors (Lipinski definition) is 2. The van der Waals surface area contributed by atoms with Gasteiger partial charge in [-0.3, -0.25) is 0 Å². The molecule has 0 aliphatic heterocycles. The van der Waals surface area contributed by atoms with Gasteiger partial charge in [0.1, 0.15) is 0 Å². The van der Waals surface area contributed by atoms with E-state index in [0.717, 1.165) is 40.7 Å². The van der Waals surface area contributed by atoms with E-state index < -0.39 is 5.41 Å². The molecule has 1 unspecified atom stereocenters. The number of hydrogen-bond donors (Lipinski definition) is 0. The van der Waals surface area contributed by atoms with Gasteiger partial charge in [-0.2, -0.15) is 0 Å². The first-order valence-electron chi connectivity index (χ1n) is 26.0. The summed E-state index contributed by atoms with van der Waals surface area (Å²) in [7, 11) is 0. The van der Waals surface area contributed by atoms with E-state index in [1.165, 1.54) is 116 Å². The molecule has 2 heteroatoms. The molecule has 1 atom stereocenters. The molecule has 0 saturated heterocycles. The van der Waals surface area contributed by atoms with Crippen molar-refractivity contribution in [2.24, 2.45) is 23.7 Å². The zero-order chi connectivity index (χ0) is 46.3. The molecule has 0 N–H and O–H groups in total. The highest BCUT2D eigenvalue weighted by atomic mass is 15.1. The van der Waals surface area contributed by atoms with E-state index in [2.05, 4.69) is 236 Å². The Balaban J connectivity index is 0.904. The van der Waals surface area contributed by atoms with Crippen LogP contribution in [-0.4, -0.2) is 0 Å². The second-order valence-electron chi connectivity index (χ2n) is 22.1. The smallest absolute Gasteiger partial charge is 0.0727 e. The van der Waals surface area contributed by atoms with Gasteiger partial charge in [-0.25, -0.2) is 0 Å². The van der Waals surface area contributed by atoms with Crippen molar-refractivity contribution in [2.75, 3.05) is 9.80 Å². The van der Waals surface area contributed by atoms with Crippen LogP contribution in [0, 0.1) is 23.7 Å². The van der Waals surface area contributed by atoms with Crippen LogP contribution in [0.4, 0.5) is 34.1 Å². The Kier molecular flexibility index (Phi) is 8.69. The fraction of sp³-hybridized carbons (Fsp3) is 0.206. The monoisotopic (exact) mass is 900 g/mol. The van der Waals surface area contributed by atoms with Gasteiger partial charge in [0.15, 0.2) is 0 Å². The molecular weight excluding hydrogens is 845 g/mol. The van der Waals surface area contributed by atoms with Gasteiger partial charge in [0.25, 0.3) is 0 Å². The molecule has 2 nitrogen and oxygen atoms in total. The van der Waals surface area contributed by atoms with Crippen LogP contribution in [0.1, 0.15) is 90.8 Å². The number of benzene rings is 9. The minimum atomic E-state index is -0.542. The molecule has 16 rings (SSSR count). The third kappa shape index (κ3) is 5.68. The lowest BCUT2D eigenvalue weighted by atomic mass is 9.51. The van der Waals surface area contributed by atoms with Gasteiger partial charge in [-0.15, -0.1) is 0 Å². The van der Waals surface area contributed by atoms with Crippen LogP contribution in [0.5, 0.6) is 0 Å². The third-order valence-electron chi connectivity index (χ3n) is 18.2. The highest BCUT2D eigenvalue weighted by Crippen LogP contribution is 2.65. The molecule has 0 heterocycles. The number of para-hydroxylation sites is 2. The van der Waals surface area contributed by atoms with Crippen LogP contribution in [0.25, 0.3) is 33.4 Å². The highest BCUT2D eigenvalue weighted by Gasteiger charge is 2.53. The van der Waals surface area contributed by atoms with E-state index in [1.54, 1.807) is 5.56 Å². The summed E-state index contributed by atoms with van der Waals surface area (Å²) in [6.07, 6.45) is 7.25. The number of anilines is 6. The summed E-state index contributed by atoms with van der Waals surface area (Å²) in [5, 5.41) is 0. The van der Waals surface area contributed by atoms with E-state index >= 15 is 0 Å². The molecule has 9 aromatic rings. The van der Waals surface area contributed by atoms with Gasteiger partial charge >= 0.3 is 0 Å². The maximum Gasteiger partial charge on any atom is 0.0727 e. The van der Waals surface area contributed by atoms with Crippen molar-refractivity contribution in [2.45, 2.75) is 62.7 Å². The molecule has 7 aliphatic carbocycles. The number of rotatable bonds is 7. The van der Waals surface area contributed by atoms with Gasteiger partial charge in [0.2, 0.25) is 0 Å². The van der Waals surface area contributed by atoms with Crippen molar-refractivity contribution in [3.63, 3.8) is 0 Å². The quantitative estimate of drug-likeness (QED) is 0.157. The van der Waals surface area contributed by atoms with E-state index in [0.29, 0.717) is 5.92 Å². The van der Waals surface area contributed by atoms with Crippen LogP contribution in [0.3, 0.4) is 0 Å². The zero-order valence-electron chi connectivity index (χ0n) is 40.0. The van der Waals surface area contributed by atoms with Crippen LogP contribution >= 0.6 is 0 Å². The molecule has 338 valence electrons. The average molecular weight is 901 g/mol. The van der Waals surface area contributed by atoms with E-state index in [4.69, 9.17) is 0 Å². The maximum atomic E-state index is 2.54. The fourth-order valence-electron chi connectivity index (χ4n) is 15.6. The highest BCUT2D eigenvalue weighted by molar-refractivity contribution is 5.98. The second kappa shape index (κ2) is 15.0. The molecule has 0 radical (unpaired) electrons. The molecule has 70 heavy (non-hydrogen) atoms. The molecule has 9 aromatic carbocycles. The summed E-state index contributed by atoms with van der Waals surface area (Å²) in [6, 6.07) is 81.0. The first-order valence-corrected chi connectivity index (χ1v) is 26.0. The first kappa shape index (κ1) is 40.5. The lowest BCUT2D eigenvalue weighted by Crippen LogP contribution is -2.43. The second-order valence-corrected chi connectivity index (χ2v) is 22.1. The fourth-order valence-corrected chi connectivity index (χ4v) is 15.6. The average Bonchev–Trinajstić information content (AvgIpc) is 3.96. The Morgan fingerprint density at radius 1 is 0.314 bits per heavy atom. The molecular formula is C68H56N2. The van der Waals surface area contributed by atoms with E-state index in [9.17, 15) is 0 Å². The molecule has 4 bridgehead atoms. The molecule has 1 spiro atoms. The van der Waals surface area contributed by atoms with Gasteiger partial charge < -0.3 is 9.80 Å². The molecule has 0 amide bonds. The number of nitrogens with zero attached hydrogens (tertiary/aromatic N) is 2. The largest absolute Gasteiger partial charge is 0.310 e. The predicted octanol–water partition coefficient (Wildman–Crippen LogP) is 17.8. The number of fused-ring (bicyclic) bond motifs is 13. The van der Waals surface area contributed by atoms with Gasteiger partial charge in [-0.05, 0) is 207 Å². The van der Waals surface area contributed by atoms with Crippen molar-refractivity contribution >= 4 is 34.1 Å². The van der Waals surface area contributed by atoms with Crippen molar-refractivity contribution < 1.29 is 0 Å². The summed E-state index contributed by atoms with van der Waals surface area (Å²) in [6.45, 7) is 4.76. The standard InChI is InChI=1S/C68H56N2/c1-67(2)60-22-12-9-19-54(60)57-32-29-51(40-63(57)67)70(49-17-7-4-8-18-49)53-31-34-59-56-21-11-14-24-62(56)68(65(59)42-53)61-23-13-10-20-55(61)58-33-30-52(41-64(58)68)69(48-15-5-3-6-16-48)50-27-25-45(26-28-50)66-46-36-43-35-44(38-46)39-47(66)37-43/h3-34,40-44,46-47,66H,35-39H2,1-2H3/t43-,44-,46-,47+,66?,68?. The van der Waals surface area contributed by atoms with Gasteiger partial charge in [-0.1, -0.05) is 153 Å². The normalized spacial score (nSPS) is 23.0. The van der Waals surface area contributed by atoms with Crippen LogP contribution in [-0.2, 0) is 10.8 Å². The lowest BCUT2D eigenvalue weighted by Gasteiger charge is -2.54. The van der Waals surface area contributed by atoms with Gasteiger partial charge in [0, 0.05) is 39.5 Å². The van der Waals surface area contributed by atoms with Crippen molar-refractivity contribution in [3.05, 3.63) is 251 Å². The predicted molar refractivity (Wildman–Crippen MR) is 289 cm³/mol. The van der Waals surface area contributed by atoms with Crippen LogP contribution in [0.2, 0.25) is 0 Å². The summed E-state index contributed by atoms with van der Waals surface area (Å²) < 4.78 is 0.